The van der Waals surface area contributed by atoms with Crippen LogP contribution in [0.3, 0.4) is 0 Å². The monoisotopic (exact) mass is 247 g/mol. The Morgan fingerprint density at radius 2 is 1.89 bits per heavy atom. The molecular weight excluding hydrogens is 230 g/mol. The van der Waals surface area contributed by atoms with Crippen LogP contribution in [-0.4, -0.2) is 35.5 Å². The van der Waals surface area contributed by atoms with Gasteiger partial charge in [-0.25, -0.2) is 4.79 Å². The molecule has 0 bridgehead atoms. The Bertz CT molecular complexity index is 466. The predicted octanol–water partition coefficient (Wildman–Crippen LogP) is 2.26. The Labute approximate surface area is 106 Å². The van der Waals surface area contributed by atoms with Crippen molar-refractivity contribution < 1.29 is 14.7 Å². The van der Waals surface area contributed by atoms with Gasteiger partial charge in [-0.3, -0.25) is 4.79 Å². The minimum absolute atomic E-state index is 0.0722. The van der Waals surface area contributed by atoms with Crippen molar-refractivity contribution in [3.63, 3.8) is 0 Å². The van der Waals surface area contributed by atoms with Crippen molar-refractivity contribution in [1.82, 2.24) is 4.90 Å². The number of hydrogen-bond acceptors (Lipinski definition) is 2. The van der Waals surface area contributed by atoms with Crippen LogP contribution in [0.2, 0.25) is 0 Å². The highest BCUT2D eigenvalue weighted by molar-refractivity contribution is 6.04. The van der Waals surface area contributed by atoms with Crippen molar-refractivity contribution in [3.8, 4) is 0 Å². The Kier molecular flexibility index (Phi) is 3.65. The maximum Gasteiger partial charge on any atom is 0.336 e. The molecule has 0 radical (unpaired) electrons. The first-order valence-corrected chi connectivity index (χ1v) is 6.17. The van der Waals surface area contributed by atoms with Gasteiger partial charge in [0, 0.05) is 13.6 Å². The molecule has 1 N–H and O–H groups in total. The van der Waals surface area contributed by atoms with E-state index in [0.29, 0.717) is 12.5 Å². The van der Waals surface area contributed by atoms with Gasteiger partial charge in [-0.15, -0.1) is 0 Å². The number of carbonyl (C=O) groups is 2. The summed E-state index contributed by atoms with van der Waals surface area (Å²) in [5, 5.41) is 9.06. The van der Waals surface area contributed by atoms with Crippen molar-refractivity contribution in [3.05, 3.63) is 35.4 Å². The maximum atomic E-state index is 12.2. The Morgan fingerprint density at radius 3 is 2.39 bits per heavy atom. The summed E-state index contributed by atoms with van der Waals surface area (Å²) in [4.78, 5) is 24.9. The Hall–Kier alpha value is -1.84. The summed E-state index contributed by atoms with van der Waals surface area (Å²) >= 11 is 0. The second-order valence-corrected chi connectivity index (χ2v) is 4.83. The van der Waals surface area contributed by atoms with Gasteiger partial charge >= 0.3 is 5.97 Å². The molecule has 0 atom stereocenters. The highest BCUT2D eigenvalue weighted by Gasteiger charge is 2.24. The van der Waals surface area contributed by atoms with Crippen molar-refractivity contribution in [2.24, 2.45) is 5.92 Å². The van der Waals surface area contributed by atoms with Gasteiger partial charge in [0.2, 0.25) is 0 Å². The van der Waals surface area contributed by atoms with E-state index in [2.05, 4.69) is 0 Å². The molecule has 0 unspecified atom stereocenters. The number of amides is 1. The summed E-state index contributed by atoms with van der Waals surface area (Å²) in [5.74, 6) is -0.688. The van der Waals surface area contributed by atoms with Gasteiger partial charge in [0.05, 0.1) is 11.1 Å². The van der Waals surface area contributed by atoms with Crippen molar-refractivity contribution in [2.75, 3.05) is 13.6 Å². The third-order valence-electron chi connectivity index (χ3n) is 3.49. The number of benzene rings is 1. The van der Waals surface area contributed by atoms with Crippen molar-refractivity contribution in [2.45, 2.75) is 19.3 Å². The second kappa shape index (κ2) is 5.21. The lowest BCUT2D eigenvalue weighted by Gasteiger charge is -2.30. The number of carboxylic acid groups (broad SMARTS) is 1. The molecule has 0 heterocycles. The average molecular weight is 247 g/mol. The number of hydrogen-bond donors (Lipinski definition) is 1. The SMILES string of the molecule is CN(CC1CCC1)C(=O)c1ccccc1C(=O)O. The van der Waals surface area contributed by atoms with Crippen LogP contribution < -0.4 is 0 Å². The van der Waals surface area contributed by atoms with Crippen LogP contribution in [0.1, 0.15) is 40.0 Å². The lowest BCUT2D eigenvalue weighted by atomic mass is 9.85. The van der Waals surface area contributed by atoms with Crippen LogP contribution in [0, 0.1) is 5.92 Å². The van der Waals surface area contributed by atoms with Gasteiger partial charge in [0.15, 0.2) is 0 Å². The molecule has 4 nitrogen and oxygen atoms in total. The number of aromatic carboxylic acids is 1. The fourth-order valence-electron chi connectivity index (χ4n) is 2.21. The molecule has 2 rings (SSSR count). The molecular formula is C14H17NO3. The fourth-order valence-corrected chi connectivity index (χ4v) is 2.21. The van der Waals surface area contributed by atoms with E-state index >= 15 is 0 Å². The third-order valence-corrected chi connectivity index (χ3v) is 3.49. The molecule has 1 aromatic carbocycles. The smallest absolute Gasteiger partial charge is 0.336 e. The van der Waals surface area contributed by atoms with Gasteiger partial charge in [0.1, 0.15) is 0 Å². The summed E-state index contributed by atoms with van der Waals surface area (Å²) in [6, 6.07) is 6.36. The number of carboxylic acids is 1. The standard InChI is InChI=1S/C14H17NO3/c1-15(9-10-5-4-6-10)13(16)11-7-2-3-8-12(11)14(17)18/h2-3,7-8,10H,4-6,9H2,1H3,(H,17,18). The maximum absolute atomic E-state index is 12.2. The number of carbonyl (C=O) groups excluding carboxylic acids is 1. The molecule has 0 aromatic heterocycles. The molecule has 4 heteroatoms. The minimum Gasteiger partial charge on any atom is -0.478 e. The van der Waals surface area contributed by atoms with E-state index in [9.17, 15) is 9.59 Å². The average Bonchev–Trinajstić information content (AvgIpc) is 2.32. The fraction of sp³-hybridized carbons (Fsp3) is 0.429. The minimum atomic E-state index is -1.06. The molecule has 1 fully saturated rings. The zero-order chi connectivity index (χ0) is 13.1. The summed E-state index contributed by atoms with van der Waals surface area (Å²) in [5.41, 5.74) is 0.342. The lowest BCUT2D eigenvalue weighted by molar-refractivity contribution is 0.0673. The second-order valence-electron chi connectivity index (χ2n) is 4.83. The molecule has 1 aliphatic rings. The van der Waals surface area contributed by atoms with Gasteiger partial charge in [-0.1, -0.05) is 18.6 Å². The van der Waals surface area contributed by atoms with Crippen LogP contribution in [-0.2, 0) is 0 Å². The molecule has 1 aliphatic carbocycles. The van der Waals surface area contributed by atoms with Gasteiger partial charge in [-0.05, 0) is 30.9 Å². The first-order chi connectivity index (χ1) is 8.59. The lowest BCUT2D eigenvalue weighted by Crippen LogP contribution is -2.35. The van der Waals surface area contributed by atoms with Crippen LogP contribution >= 0.6 is 0 Å². The summed E-state index contributed by atoms with van der Waals surface area (Å²) in [7, 11) is 1.74. The molecule has 0 aliphatic heterocycles. The topological polar surface area (TPSA) is 57.6 Å². The van der Waals surface area contributed by atoms with Crippen LogP contribution in [0.5, 0.6) is 0 Å². The van der Waals surface area contributed by atoms with E-state index in [-0.39, 0.29) is 17.0 Å². The quantitative estimate of drug-likeness (QED) is 0.887. The van der Waals surface area contributed by atoms with Crippen LogP contribution in [0.25, 0.3) is 0 Å². The molecule has 18 heavy (non-hydrogen) atoms. The van der Waals surface area contributed by atoms with Gasteiger partial charge in [-0.2, -0.15) is 0 Å². The van der Waals surface area contributed by atoms with Crippen LogP contribution in [0.4, 0.5) is 0 Å². The van der Waals surface area contributed by atoms with Crippen molar-refractivity contribution in [1.29, 1.82) is 0 Å². The van der Waals surface area contributed by atoms with Gasteiger partial charge < -0.3 is 10.0 Å². The third kappa shape index (κ3) is 2.53. The van der Waals surface area contributed by atoms with E-state index < -0.39 is 5.97 Å². The summed E-state index contributed by atoms with van der Waals surface area (Å²) < 4.78 is 0. The van der Waals surface area contributed by atoms with E-state index in [4.69, 9.17) is 5.11 Å². The highest BCUT2D eigenvalue weighted by Crippen LogP contribution is 2.27. The van der Waals surface area contributed by atoms with E-state index in [1.165, 1.54) is 12.5 Å². The first kappa shape index (κ1) is 12.6. The Morgan fingerprint density at radius 1 is 1.28 bits per heavy atom. The molecule has 1 saturated carbocycles. The molecule has 1 aromatic rings. The predicted molar refractivity (Wildman–Crippen MR) is 67.7 cm³/mol. The summed E-state index contributed by atoms with van der Waals surface area (Å²) in [6.07, 6.45) is 3.56. The number of nitrogens with zero attached hydrogens (tertiary/aromatic N) is 1. The number of rotatable bonds is 4. The largest absolute Gasteiger partial charge is 0.478 e. The Balaban J connectivity index is 2.14. The van der Waals surface area contributed by atoms with Crippen molar-refractivity contribution >= 4 is 11.9 Å². The van der Waals surface area contributed by atoms with E-state index in [1.807, 2.05) is 0 Å². The van der Waals surface area contributed by atoms with E-state index in [1.54, 1.807) is 30.1 Å². The van der Waals surface area contributed by atoms with E-state index in [0.717, 1.165) is 12.8 Å². The molecule has 96 valence electrons. The zero-order valence-electron chi connectivity index (χ0n) is 10.4. The summed E-state index contributed by atoms with van der Waals surface area (Å²) in [6.45, 7) is 0.715. The molecule has 1 amide bonds. The normalized spacial score (nSPS) is 14.9. The molecule has 0 saturated heterocycles. The van der Waals surface area contributed by atoms with Gasteiger partial charge in [0.25, 0.3) is 5.91 Å². The molecule has 0 spiro atoms. The van der Waals surface area contributed by atoms with Crippen LogP contribution in [0.15, 0.2) is 24.3 Å². The first-order valence-electron chi connectivity index (χ1n) is 6.17. The highest BCUT2D eigenvalue weighted by atomic mass is 16.4. The zero-order valence-corrected chi connectivity index (χ0v) is 10.4.